The number of sulfonamides is 1. The number of nitrogens with zero attached hydrogens (tertiary/aromatic N) is 3. The molecule has 0 spiro atoms. The van der Waals surface area contributed by atoms with Gasteiger partial charge in [0.15, 0.2) is 9.34 Å². The normalized spacial score (nSPS) is 18.8. The number of aromatic nitrogens is 1. The van der Waals surface area contributed by atoms with Crippen LogP contribution in [0.2, 0.25) is 0 Å². The molecule has 20 heavy (non-hydrogen) atoms. The molecule has 1 aliphatic heterocycles. The van der Waals surface area contributed by atoms with Crippen molar-refractivity contribution in [3.63, 3.8) is 0 Å². The predicted molar refractivity (Wildman–Crippen MR) is 81.3 cm³/mol. The molecule has 8 heteroatoms. The molecule has 2 rings (SSSR count). The Labute approximate surface area is 124 Å². The summed E-state index contributed by atoms with van der Waals surface area (Å²) in [4.78, 5) is 6.17. The van der Waals surface area contributed by atoms with Crippen LogP contribution in [-0.4, -0.2) is 56.3 Å². The quantitative estimate of drug-likeness (QED) is 0.896. The monoisotopic (exact) mass is 318 g/mol. The van der Waals surface area contributed by atoms with Gasteiger partial charge >= 0.3 is 0 Å². The number of hydrogen-bond donors (Lipinski definition) is 1. The van der Waals surface area contributed by atoms with Crippen molar-refractivity contribution in [2.45, 2.75) is 24.0 Å². The lowest BCUT2D eigenvalue weighted by Gasteiger charge is -2.32. The third-order valence-corrected chi connectivity index (χ3v) is 7.01. The molecule has 1 fully saturated rings. The van der Waals surface area contributed by atoms with E-state index in [4.69, 9.17) is 5.73 Å². The van der Waals surface area contributed by atoms with Crippen molar-refractivity contribution in [1.29, 1.82) is 0 Å². The fourth-order valence-corrected chi connectivity index (χ4v) is 5.51. The van der Waals surface area contributed by atoms with Gasteiger partial charge in [0.05, 0.1) is 5.69 Å². The first kappa shape index (κ1) is 15.7. The first-order valence-electron chi connectivity index (χ1n) is 6.68. The second-order valence-corrected chi connectivity index (χ2v) is 8.70. The molecule has 6 nitrogen and oxygen atoms in total. The van der Waals surface area contributed by atoms with E-state index in [-0.39, 0.29) is 0 Å². The molecule has 1 aromatic heterocycles. The Morgan fingerprint density at radius 3 is 2.45 bits per heavy atom. The number of anilines is 1. The maximum absolute atomic E-state index is 12.6. The van der Waals surface area contributed by atoms with Crippen LogP contribution in [0.4, 0.5) is 5.13 Å². The molecule has 0 aliphatic carbocycles. The highest BCUT2D eigenvalue weighted by Crippen LogP contribution is 2.30. The fourth-order valence-electron chi connectivity index (χ4n) is 2.61. The zero-order valence-electron chi connectivity index (χ0n) is 12.2. The molecule has 1 aromatic rings. The van der Waals surface area contributed by atoms with E-state index in [9.17, 15) is 8.42 Å². The second-order valence-electron chi connectivity index (χ2n) is 5.53. The van der Waals surface area contributed by atoms with Gasteiger partial charge < -0.3 is 10.6 Å². The molecule has 0 atom stereocenters. The number of rotatable bonds is 4. The van der Waals surface area contributed by atoms with Crippen molar-refractivity contribution < 1.29 is 8.42 Å². The zero-order chi connectivity index (χ0) is 14.9. The summed E-state index contributed by atoms with van der Waals surface area (Å²) in [7, 11) is 0.668. The van der Waals surface area contributed by atoms with Crippen LogP contribution in [-0.2, 0) is 10.0 Å². The highest BCUT2D eigenvalue weighted by atomic mass is 32.2. The summed E-state index contributed by atoms with van der Waals surface area (Å²) in [5.41, 5.74) is 6.10. The molecule has 0 bridgehead atoms. The molecule has 0 aromatic carbocycles. The van der Waals surface area contributed by atoms with Gasteiger partial charge in [-0.25, -0.2) is 13.4 Å². The predicted octanol–water partition coefficient (Wildman–Crippen LogP) is 0.996. The fraction of sp³-hybridized carbons (Fsp3) is 0.750. The van der Waals surface area contributed by atoms with Crippen LogP contribution in [0.1, 0.15) is 18.5 Å². The van der Waals surface area contributed by atoms with Gasteiger partial charge in [0.1, 0.15) is 0 Å². The maximum Gasteiger partial charge on any atom is 0.254 e. The van der Waals surface area contributed by atoms with E-state index in [1.165, 1.54) is 0 Å². The molecule has 0 amide bonds. The minimum absolute atomic E-state index is 0.293. The van der Waals surface area contributed by atoms with Gasteiger partial charge in [-0.15, -0.1) is 0 Å². The van der Waals surface area contributed by atoms with E-state index in [0.29, 0.717) is 34.0 Å². The smallest absolute Gasteiger partial charge is 0.254 e. The highest BCUT2D eigenvalue weighted by molar-refractivity contribution is 7.91. The van der Waals surface area contributed by atoms with Gasteiger partial charge in [0, 0.05) is 19.6 Å². The summed E-state index contributed by atoms with van der Waals surface area (Å²) in [6.45, 7) is 3.87. The van der Waals surface area contributed by atoms with Crippen molar-refractivity contribution >= 4 is 26.5 Å². The number of aryl methyl sites for hydroxylation is 1. The van der Waals surface area contributed by atoms with Gasteiger partial charge in [0.25, 0.3) is 10.0 Å². The second kappa shape index (κ2) is 5.97. The summed E-state index contributed by atoms with van der Waals surface area (Å²) in [5, 5.41) is 0.309. The first-order chi connectivity index (χ1) is 9.30. The Morgan fingerprint density at radius 1 is 1.40 bits per heavy atom. The van der Waals surface area contributed by atoms with Gasteiger partial charge in [-0.1, -0.05) is 11.3 Å². The highest BCUT2D eigenvalue weighted by Gasteiger charge is 2.32. The van der Waals surface area contributed by atoms with Crippen molar-refractivity contribution in [2.24, 2.45) is 5.92 Å². The van der Waals surface area contributed by atoms with Crippen molar-refractivity contribution in [2.75, 3.05) is 39.5 Å². The lowest BCUT2D eigenvalue weighted by Crippen LogP contribution is -2.40. The van der Waals surface area contributed by atoms with Crippen LogP contribution in [0.5, 0.6) is 0 Å². The standard InChI is InChI=1S/C12H22N4O2S2/c1-9-11(19-12(13)14-9)20(17,18)16-6-4-10(5-7-16)8-15(2)3/h10H,4-8H2,1-3H3,(H2,13,14). The molecule has 2 heterocycles. The lowest BCUT2D eigenvalue weighted by atomic mass is 9.98. The molecule has 0 radical (unpaired) electrons. The van der Waals surface area contributed by atoms with Gasteiger partial charge in [-0.3, -0.25) is 0 Å². The number of nitrogens with two attached hydrogens (primary N) is 1. The van der Waals surface area contributed by atoms with E-state index in [0.717, 1.165) is 30.7 Å². The number of hydrogen-bond acceptors (Lipinski definition) is 6. The van der Waals surface area contributed by atoms with Gasteiger partial charge in [-0.2, -0.15) is 4.31 Å². The average molecular weight is 318 g/mol. The lowest BCUT2D eigenvalue weighted by molar-refractivity contribution is 0.225. The van der Waals surface area contributed by atoms with Crippen molar-refractivity contribution in [3.8, 4) is 0 Å². The molecular weight excluding hydrogens is 296 g/mol. The number of piperidine rings is 1. The Morgan fingerprint density at radius 2 is 2.00 bits per heavy atom. The number of thiazole rings is 1. The molecule has 0 unspecified atom stereocenters. The van der Waals surface area contributed by atoms with Crippen LogP contribution >= 0.6 is 11.3 Å². The molecule has 114 valence electrons. The topological polar surface area (TPSA) is 79.5 Å². The Kier molecular flexibility index (Phi) is 4.68. The van der Waals surface area contributed by atoms with Crippen LogP contribution in [0.25, 0.3) is 0 Å². The van der Waals surface area contributed by atoms with Crippen molar-refractivity contribution in [3.05, 3.63) is 5.69 Å². The SMILES string of the molecule is Cc1nc(N)sc1S(=O)(=O)N1CCC(CN(C)C)CC1. The largest absolute Gasteiger partial charge is 0.375 e. The molecule has 1 saturated heterocycles. The van der Waals surface area contributed by atoms with E-state index < -0.39 is 10.0 Å². The van der Waals surface area contributed by atoms with E-state index in [1.807, 2.05) is 14.1 Å². The van der Waals surface area contributed by atoms with Gasteiger partial charge in [-0.05, 0) is 39.8 Å². The molecule has 0 saturated carbocycles. The van der Waals surface area contributed by atoms with Crippen LogP contribution < -0.4 is 5.73 Å². The van der Waals surface area contributed by atoms with Crippen molar-refractivity contribution in [1.82, 2.24) is 14.2 Å². The molecular formula is C12H22N4O2S2. The molecule has 1 aliphatic rings. The Hall–Kier alpha value is -0.700. The van der Waals surface area contributed by atoms with E-state index >= 15 is 0 Å². The summed E-state index contributed by atoms with van der Waals surface area (Å²) < 4.78 is 27.0. The van der Waals surface area contributed by atoms with Crippen LogP contribution in [0.15, 0.2) is 4.21 Å². The van der Waals surface area contributed by atoms with Crippen LogP contribution in [0, 0.1) is 12.8 Å². The minimum atomic E-state index is -3.43. The average Bonchev–Trinajstić information content (AvgIpc) is 2.69. The summed E-state index contributed by atoms with van der Waals surface area (Å²) in [5.74, 6) is 0.573. The van der Waals surface area contributed by atoms with E-state index in [1.54, 1.807) is 11.2 Å². The third kappa shape index (κ3) is 3.30. The maximum atomic E-state index is 12.6. The Bertz CT molecular complexity index is 560. The van der Waals surface area contributed by atoms with Gasteiger partial charge in [0.2, 0.25) is 0 Å². The summed E-state index contributed by atoms with van der Waals surface area (Å²) in [6, 6.07) is 0. The van der Waals surface area contributed by atoms with E-state index in [2.05, 4.69) is 9.88 Å². The number of nitrogen functional groups attached to an aromatic ring is 1. The Balaban J connectivity index is 2.08. The summed E-state index contributed by atoms with van der Waals surface area (Å²) in [6.07, 6.45) is 1.81. The minimum Gasteiger partial charge on any atom is -0.375 e. The summed E-state index contributed by atoms with van der Waals surface area (Å²) >= 11 is 1.06. The molecule has 2 N–H and O–H groups in total. The third-order valence-electron chi connectivity index (χ3n) is 3.54. The van der Waals surface area contributed by atoms with Crippen LogP contribution in [0.3, 0.4) is 0 Å². The zero-order valence-corrected chi connectivity index (χ0v) is 13.8. The first-order valence-corrected chi connectivity index (χ1v) is 8.94.